The molecule has 0 saturated carbocycles. The van der Waals surface area contributed by atoms with Crippen molar-refractivity contribution in [3.05, 3.63) is 47.5 Å². The minimum Gasteiger partial charge on any atom is -0.344 e. The van der Waals surface area contributed by atoms with Gasteiger partial charge in [0, 0.05) is 36.2 Å². The molecule has 0 radical (unpaired) electrons. The topological polar surface area (TPSA) is 34.3 Å². The van der Waals surface area contributed by atoms with E-state index in [1.54, 1.807) is 11.3 Å². The third kappa shape index (κ3) is 2.19. The highest BCUT2D eigenvalue weighted by Gasteiger charge is 2.05. The average Bonchev–Trinajstić information content (AvgIpc) is 3.02. The number of hydrogen-bond donors (Lipinski definition) is 1. The van der Waals surface area contributed by atoms with Crippen LogP contribution in [0.5, 0.6) is 0 Å². The molecular weight excluding hydrogens is 244 g/mol. The molecule has 0 bridgehead atoms. The summed E-state index contributed by atoms with van der Waals surface area (Å²) in [6, 6.07) is 4.24. The largest absolute Gasteiger partial charge is 0.344 e. The van der Waals surface area contributed by atoms with Crippen LogP contribution in [0.2, 0.25) is 0 Å². The van der Waals surface area contributed by atoms with E-state index in [2.05, 4.69) is 56.1 Å². The Balaban J connectivity index is 1.79. The van der Waals surface area contributed by atoms with E-state index in [-0.39, 0.29) is 0 Å². The van der Waals surface area contributed by atoms with Crippen molar-refractivity contribution in [3.8, 4) is 0 Å². The third-order valence-electron chi connectivity index (χ3n) is 2.96. The molecule has 1 N–H and O–H groups in total. The highest BCUT2D eigenvalue weighted by Crippen LogP contribution is 2.13. The van der Waals surface area contributed by atoms with Crippen molar-refractivity contribution in [2.75, 3.05) is 6.54 Å². The van der Waals surface area contributed by atoms with Gasteiger partial charge in [-0.1, -0.05) is 6.92 Å². The molecule has 3 heterocycles. The molecule has 0 saturated heterocycles. The summed E-state index contributed by atoms with van der Waals surface area (Å²) in [7, 11) is 0. The SMILES string of the molecule is CCNCc1cccn1Cc1cn2ccsc2n1. The molecule has 0 atom stereocenters. The Hall–Kier alpha value is -1.59. The standard InChI is InChI=1S/C13H16N4S/c1-2-14-8-12-4-3-5-16(12)9-11-10-17-6-7-18-13(17)15-11/h3-7,10,14H,2,8-9H2,1H3. The van der Waals surface area contributed by atoms with E-state index >= 15 is 0 Å². The summed E-state index contributed by atoms with van der Waals surface area (Å²) < 4.78 is 4.32. The summed E-state index contributed by atoms with van der Waals surface area (Å²) in [5.74, 6) is 0. The lowest BCUT2D eigenvalue weighted by Crippen LogP contribution is -2.15. The van der Waals surface area contributed by atoms with Crippen molar-refractivity contribution in [2.45, 2.75) is 20.0 Å². The number of imidazole rings is 1. The molecule has 3 aromatic rings. The molecule has 0 amide bonds. The number of hydrogen-bond acceptors (Lipinski definition) is 3. The van der Waals surface area contributed by atoms with Crippen LogP contribution in [0.25, 0.3) is 4.96 Å². The summed E-state index contributed by atoms with van der Waals surface area (Å²) in [4.78, 5) is 5.67. The maximum Gasteiger partial charge on any atom is 0.193 e. The summed E-state index contributed by atoms with van der Waals surface area (Å²) in [5.41, 5.74) is 2.41. The molecule has 0 aliphatic heterocycles. The van der Waals surface area contributed by atoms with E-state index in [4.69, 9.17) is 0 Å². The number of rotatable bonds is 5. The van der Waals surface area contributed by atoms with Crippen LogP contribution in [-0.4, -0.2) is 20.5 Å². The maximum atomic E-state index is 4.61. The second-order valence-electron chi connectivity index (χ2n) is 4.23. The molecule has 3 rings (SSSR count). The quantitative estimate of drug-likeness (QED) is 0.764. The third-order valence-corrected chi connectivity index (χ3v) is 3.73. The molecule has 18 heavy (non-hydrogen) atoms. The summed E-state index contributed by atoms with van der Waals surface area (Å²) in [6.45, 7) is 4.86. The van der Waals surface area contributed by atoms with E-state index in [0.717, 1.165) is 30.3 Å². The van der Waals surface area contributed by atoms with Gasteiger partial charge >= 0.3 is 0 Å². The lowest BCUT2D eigenvalue weighted by molar-refractivity contribution is 0.653. The first-order valence-electron chi connectivity index (χ1n) is 6.12. The fraction of sp³-hybridized carbons (Fsp3) is 0.308. The fourth-order valence-corrected chi connectivity index (χ4v) is 2.76. The van der Waals surface area contributed by atoms with E-state index in [0.29, 0.717) is 0 Å². The van der Waals surface area contributed by atoms with E-state index < -0.39 is 0 Å². The first kappa shape index (κ1) is 11.5. The van der Waals surface area contributed by atoms with Crippen LogP contribution in [0, 0.1) is 0 Å². The van der Waals surface area contributed by atoms with Gasteiger partial charge < -0.3 is 9.88 Å². The molecule has 5 heteroatoms. The zero-order valence-electron chi connectivity index (χ0n) is 10.3. The van der Waals surface area contributed by atoms with Crippen molar-refractivity contribution in [2.24, 2.45) is 0 Å². The Morgan fingerprint density at radius 3 is 3.17 bits per heavy atom. The summed E-state index contributed by atoms with van der Waals surface area (Å²) >= 11 is 1.67. The van der Waals surface area contributed by atoms with Crippen molar-refractivity contribution in [3.63, 3.8) is 0 Å². The molecule has 0 aromatic carbocycles. The molecule has 94 valence electrons. The minimum atomic E-state index is 0.835. The smallest absolute Gasteiger partial charge is 0.193 e. The van der Waals surface area contributed by atoms with Crippen molar-refractivity contribution >= 4 is 16.3 Å². The number of aromatic nitrogens is 3. The highest BCUT2D eigenvalue weighted by molar-refractivity contribution is 7.15. The van der Waals surface area contributed by atoms with Gasteiger partial charge in [0.2, 0.25) is 0 Å². The Labute approximate surface area is 110 Å². The second kappa shape index (κ2) is 4.96. The lowest BCUT2D eigenvalue weighted by atomic mass is 10.4. The second-order valence-corrected chi connectivity index (χ2v) is 5.11. The van der Waals surface area contributed by atoms with Gasteiger partial charge in [-0.05, 0) is 18.7 Å². The normalized spacial score (nSPS) is 11.4. The van der Waals surface area contributed by atoms with Gasteiger partial charge in [0.15, 0.2) is 4.96 Å². The van der Waals surface area contributed by atoms with Crippen molar-refractivity contribution in [1.82, 2.24) is 19.3 Å². The van der Waals surface area contributed by atoms with E-state index in [1.165, 1.54) is 5.69 Å². The maximum absolute atomic E-state index is 4.61. The van der Waals surface area contributed by atoms with Crippen LogP contribution in [0.15, 0.2) is 36.1 Å². The molecule has 4 nitrogen and oxygen atoms in total. The molecule has 0 fully saturated rings. The van der Waals surface area contributed by atoms with Crippen molar-refractivity contribution in [1.29, 1.82) is 0 Å². The van der Waals surface area contributed by atoms with Gasteiger partial charge in [-0.2, -0.15) is 0 Å². The number of fused-ring (bicyclic) bond motifs is 1. The first-order valence-corrected chi connectivity index (χ1v) is 7.00. The summed E-state index contributed by atoms with van der Waals surface area (Å²) in [5, 5.41) is 5.41. The van der Waals surface area contributed by atoms with Gasteiger partial charge in [0.1, 0.15) is 0 Å². The van der Waals surface area contributed by atoms with E-state index in [1.807, 2.05) is 6.20 Å². The Bertz CT molecular complexity index is 606. The average molecular weight is 260 g/mol. The van der Waals surface area contributed by atoms with Gasteiger partial charge in [-0.25, -0.2) is 4.98 Å². The van der Waals surface area contributed by atoms with Gasteiger partial charge in [-0.15, -0.1) is 11.3 Å². The van der Waals surface area contributed by atoms with Gasteiger partial charge in [0.05, 0.1) is 12.2 Å². The minimum absolute atomic E-state index is 0.835. The van der Waals surface area contributed by atoms with Crippen LogP contribution in [0.3, 0.4) is 0 Å². The highest BCUT2D eigenvalue weighted by atomic mass is 32.1. The van der Waals surface area contributed by atoms with Gasteiger partial charge in [0.25, 0.3) is 0 Å². The number of nitrogens with one attached hydrogen (secondary N) is 1. The van der Waals surface area contributed by atoms with Crippen molar-refractivity contribution < 1.29 is 0 Å². The number of thiazole rings is 1. The van der Waals surface area contributed by atoms with Crippen LogP contribution in [-0.2, 0) is 13.1 Å². The monoisotopic (exact) mass is 260 g/mol. The Morgan fingerprint density at radius 1 is 1.39 bits per heavy atom. The Morgan fingerprint density at radius 2 is 2.33 bits per heavy atom. The Kier molecular flexibility index (Phi) is 3.17. The fourth-order valence-electron chi connectivity index (χ4n) is 2.04. The molecule has 3 aromatic heterocycles. The molecular formula is C13H16N4S. The first-order chi connectivity index (χ1) is 8.86. The van der Waals surface area contributed by atoms with Gasteiger partial charge in [-0.3, -0.25) is 4.40 Å². The molecule has 0 unspecified atom stereocenters. The number of nitrogens with zero attached hydrogens (tertiary/aromatic N) is 3. The van der Waals surface area contributed by atoms with Crippen LogP contribution in [0.1, 0.15) is 18.3 Å². The zero-order valence-corrected chi connectivity index (χ0v) is 11.2. The molecule has 0 aliphatic rings. The molecule has 0 spiro atoms. The predicted octanol–water partition coefficient (Wildman–Crippen LogP) is 2.36. The van der Waals surface area contributed by atoms with Crippen LogP contribution >= 0.6 is 11.3 Å². The predicted molar refractivity (Wildman–Crippen MR) is 74.0 cm³/mol. The molecule has 0 aliphatic carbocycles. The van der Waals surface area contributed by atoms with Crippen LogP contribution < -0.4 is 5.32 Å². The zero-order chi connectivity index (χ0) is 12.4. The lowest BCUT2D eigenvalue weighted by Gasteiger charge is -2.07. The summed E-state index contributed by atoms with van der Waals surface area (Å²) in [6.07, 6.45) is 6.26. The van der Waals surface area contributed by atoms with Crippen LogP contribution in [0.4, 0.5) is 0 Å². The van der Waals surface area contributed by atoms with E-state index in [9.17, 15) is 0 Å².